The molecule has 0 atom stereocenters. The van der Waals surface area contributed by atoms with Crippen LogP contribution in [0, 0.1) is 12.7 Å². The fourth-order valence-corrected chi connectivity index (χ4v) is 4.12. The zero-order valence-electron chi connectivity index (χ0n) is 13.3. The van der Waals surface area contributed by atoms with Gasteiger partial charge in [-0.05, 0) is 60.4 Å². The molecule has 0 spiro atoms. The minimum Gasteiger partial charge on any atom is -0.290 e. The largest absolute Gasteiger partial charge is 0.290 e. The zero-order valence-corrected chi connectivity index (χ0v) is 14.9. The first kappa shape index (κ1) is 15.9. The molecule has 0 aliphatic heterocycles. The highest BCUT2D eigenvalue weighted by molar-refractivity contribution is 7.15. The van der Waals surface area contributed by atoms with Crippen LogP contribution in [0.4, 0.5) is 4.39 Å². The van der Waals surface area contributed by atoms with Crippen LogP contribution >= 0.6 is 22.7 Å². The molecule has 0 N–H and O–H groups in total. The number of benzene rings is 1. The van der Waals surface area contributed by atoms with E-state index in [2.05, 4.69) is 4.98 Å². The number of thiazole rings is 1. The monoisotopic (exact) mass is 368 g/mol. The van der Waals surface area contributed by atoms with Gasteiger partial charge in [0, 0.05) is 17.1 Å². The smallest absolute Gasteiger partial charge is 0.195 e. The van der Waals surface area contributed by atoms with E-state index in [-0.39, 0.29) is 11.6 Å². The Hall–Kier alpha value is -2.57. The van der Waals surface area contributed by atoms with Crippen LogP contribution in [0.2, 0.25) is 0 Å². The van der Waals surface area contributed by atoms with E-state index in [1.165, 1.54) is 34.8 Å². The Balaban J connectivity index is 1.76. The Bertz CT molecular complexity index is 1090. The fraction of sp³-hybridized carbons (Fsp3) is 0.0526. The number of allylic oxidation sites excluding steroid dienone is 1. The predicted octanol–water partition coefficient (Wildman–Crippen LogP) is 5.47. The third kappa shape index (κ3) is 3.06. The molecule has 0 saturated heterocycles. The minimum absolute atomic E-state index is 0.0339. The Labute approximate surface area is 151 Å². The number of halogens is 1. The Morgan fingerprint density at radius 2 is 2.04 bits per heavy atom. The molecule has 1 aromatic carbocycles. The highest BCUT2D eigenvalue weighted by Crippen LogP contribution is 2.28. The molecule has 0 amide bonds. The Kier molecular flexibility index (Phi) is 4.07. The molecular formula is C19H13FN2OS2. The summed E-state index contributed by atoms with van der Waals surface area (Å²) in [6, 6.07) is 8.10. The maximum atomic E-state index is 13.2. The number of nitrogens with zero attached hydrogens (tertiary/aromatic N) is 2. The lowest BCUT2D eigenvalue weighted by atomic mass is 10.1. The minimum atomic E-state index is -0.287. The molecule has 3 aromatic heterocycles. The highest BCUT2D eigenvalue weighted by atomic mass is 32.1. The molecule has 4 aromatic rings. The number of ketones is 1. The highest BCUT2D eigenvalue weighted by Gasteiger charge is 2.14. The Morgan fingerprint density at radius 1 is 1.24 bits per heavy atom. The summed E-state index contributed by atoms with van der Waals surface area (Å²) in [5, 5.41) is 3.90. The lowest BCUT2D eigenvalue weighted by molar-refractivity contribution is 0.105. The van der Waals surface area contributed by atoms with E-state index in [1.807, 2.05) is 34.3 Å². The first-order valence-electron chi connectivity index (χ1n) is 7.61. The van der Waals surface area contributed by atoms with E-state index in [0.29, 0.717) is 4.88 Å². The fourth-order valence-electron chi connectivity index (χ4n) is 2.58. The second-order valence-corrected chi connectivity index (χ2v) is 7.38. The maximum Gasteiger partial charge on any atom is 0.195 e. The van der Waals surface area contributed by atoms with E-state index in [4.69, 9.17) is 0 Å². The van der Waals surface area contributed by atoms with Gasteiger partial charge in [-0.1, -0.05) is 0 Å². The molecule has 3 heterocycles. The van der Waals surface area contributed by atoms with Crippen LogP contribution in [-0.4, -0.2) is 15.2 Å². The van der Waals surface area contributed by atoms with Crippen molar-refractivity contribution < 1.29 is 9.18 Å². The summed E-state index contributed by atoms with van der Waals surface area (Å²) < 4.78 is 15.1. The first-order valence-corrected chi connectivity index (χ1v) is 9.37. The summed E-state index contributed by atoms with van der Waals surface area (Å²) in [5.41, 5.74) is 3.44. The van der Waals surface area contributed by atoms with Crippen molar-refractivity contribution in [1.29, 1.82) is 0 Å². The average Bonchev–Trinajstić information content (AvgIpc) is 3.29. The van der Waals surface area contributed by atoms with Gasteiger partial charge in [0.15, 0.2) is 10.7 Å². The van der Waals surface area contributed by atoms with Crippen LogP contribution in [-0.2, 0) is 0 Å². The molecule has 0 radical (unpaired) electrons. The summed E-state index contributed by atoms with van der Waals surface area (Å²) in [7, 11) is 0. The van der Waals surface area contributed by atoms with Gasteiger partial charge in [-0.3, -0.25) is 9.20 Å². The van der Waals surface area contributed by atoms with Crippen molar-refractivity contribution in [2.24, 2.45) is 0 Å². The van der Waals surface area contributed by atoms with Gasteiger partial charge in [0.25, 0.3) is 0 Å². The normalized spacial score (nSPS) is 11.6. The van der Waals surface area contributed by atoms with Gasteiger partial charge in [-0.25, -0.2) is 9.37 Å². The van der Waals surface area contributed by atoms with Crippen molar-refractivity contribution in [1.82, 2.24) is 9.38 Å². The molecule has 6 heteroatoms. The quantitative estimate of drug-likeness (QED) is 0.354. The molecular weight excluding hydrogens is 355 g/mol. The van der Waals surface area contributed by atoms with E-state index in [9.17, 15) is 9.18 Å². The molecule has 0 aliphatic carbocycles. The van der Waals surface area contributed by atoms with Crippen molar-refractivity contribution in [2.45, 2.75) is 6.92 Å². The van der Waals surface area contributed by atoms with E-state index in [1.54, 1.807) is 24.3 Å². The lowest BCUT2D eigenvalue weighted by Gasteiger charge is -2.00. The van der Waals surface area contributed by atoms with Gasteiger partial charge in [-0.15, -0.1) is 22.7 Å². The average molecular weight is 368 g/mol. The van der Waals surface area contributed by atoms with E-state index in [0.717, 1.165) is 27.5 Å². The number of carbonyl (C=O) groups excluding carboxylic acids is 1. The third-order valence-corrected chi connectivity index (χ3v) is 5.60. The zero-order chi connectivity index (χ0) is 17.4. The standard InChI is InChI=1S/C19H13FN2OS2/c1-12-10-17(25-11-12)16(23)7-6-15-18(13-2-4-14(20)5-3-13)21-19-22(15)8-9-24-19/h2-11H,1H3/b7-6+. The molecule has 0 saturated carbocycles. The summed E-state index contributed by atoms with van der Waals surface area (Å²) in [4.78, 5) is 18.5. The lowest BCUT2D eigenvalue weighted by Crippen LogP contribution is -1.91. The van der Waals surface area contributed by atoms with Gasteiger partial charge in [-0.2, -0.15) is 0 Å². The second-order valence-electron chi connectivity index (χ2n) is 5.59. The van der Waals surface area contributed by atoms with Gasteiger partial charge < -0.3 is 0 Å². The van der Waals surface area contributed by atoms with Crippen LogP contribution in [0.25, 0.3) is 22.3 Å². The molecule has 3 nitrogen and oxygen atoms in total. The number of imidazole rings is 1. The van der Waals surface area contributed by atoms with Gasteiger partial charge in [0.1, 0.15) is 5.82 Å². The number of thiophene rings is 1. The topological polar surface area (TPSA) is 34.4 Å². The molecule has 0 bridgehead atoms. The van der Waals surface area contributed by atoms with Crippen molar-refractivity contribution in [3.63, 3.8) is 0 Å². The van der Waals surface area contributed by atoms with Crippen molar-refractivity contribution in [2.75, 3.05) is 0 Å². The third-order valence-electron chi connectivity index (χ3n) is 3.78. The number of aryl methyl sites for hydroxylation is 1. The molecule has 0 fully saturated rings. The van der Waals surface area contributed by atoms with Gasteiger partial charge in [0.05, 0.1) is 16.3 Å². The number of hydrogen-bond acceptors (Lipinski definition) is 4. The maximum absolute atomic E-state index is 13.2. The van der Waals surface area contributed by atoms with Crippen LogP contribution in [0.5, 0.6) is 0 Å². The van der Waals surface area contributed by atoms with Crippen molar-refractivity contribution in [3.8, 4) is 11.3 Å². The van der Waals surface area contributed by atoms with Crippen molar-refractivity contribution in [3.05, 3.63) is 75.3 Å². The van der Waals surface area contributed by atoms with Crippen LogP contribution < -0.4 is 0 Å². The molecule has 124 valence electrons. The number of aromatic nitrogens is 2. The summed E-state index contributed by atoms with van der Waals surface area (Å²) in [6.07, 6.45) is 5.27. The van der Waals surface area contributed by atoms with Crippen LogP contribution in [0.15, 0.2) is 53.4 Å². The summed E-state index contributed by atoms with van der Waals surface area (Å²) in [6.45, 7) is 1.97. The number of hydrogen-bond donors (Lipinski definition) is 0. The van der Waals surface area contributed by atoms with E-state index < -0.39 is 0 Å². The number of fused-ring (bicyclic) bond motifs is 1. The summed E-state index contributed by atoms with van der Waals surface area (Å²) in [5.74, 6) is -0.321. The molecule has 25 heavy (non-hydrogen) atoms. The summed E-state index contributed by atoms with van der Waals surface area (Å²) >= 11 is 2.95. The SMILES string of the molecule is Cc1csc(C(=O)/C=C/c2c(-c3ccc(F)cc3)nc3sccn23)c1. The Morgan fingerprint density at radius 3 is 2.76 bits per heavy atom. The number of carbonyl (C=O) groups is 1. The molecule has 4 rings (SSSR count). The second kappa shape index (κ2) is 6.38. The van der Waals surface area contributed by atoms with E-state index >= 15 is 0 Å². The van der Waals surface area contributed by atoms with Crippen LogP contribution in [0.1, 0.15) is 20.9 Å². The van der Waals surface area contributed by atoms with Crippen molar-refractivity contribution >= 4 is 39.5 Å². The molecule has 0 unspecified atom stereocenters. The predicted molar refractivity (Wildman–Crippen MR) is 101 cm³/mol. The van der Waals surface area contributed by atoms with Crippen LogP contribution in [0.3, 0.4) is 0 Å². The van der Waals surface area contributed by atoms with Gasteiger partial charge in [0.2, 0.25) is 0 Å². The molecule has 0 aliphatic rings. The first-order chi connectivity index (χ1) is 12.1. The van der Waals surface area contributed by atoms with Gasteiger partial charge >= 0.3 is 0 Å². The number of rotatable bonds is 4.